The largest absolute Gasteiger partial charge is 0.353 e. The Labute approximate surface area is 125 Å². The van der Waals surface area contributed by atoms with E-state index in [2.05, 4.69) is 35.8 Å². The molecule has 0 radical (unpaired) electrons. The Hall–Kier alpha value is -1.87. The van der Waals surface area contributed by atoms with Crippen molar-refractivity contribution < 1.29 is 4.79 Å². The first-order valence-electron chi connectivity index (χ1n) is 7.71. The monoisotopic (exact) mass is 282 g/mol. The fraction of sp³-hybridized carbons (Fsp3) is 0.389. The van der Waals surface area contributed by atoms with E-state index >= 15 is 0 Å². The highest BCUT2D eigenvalue weighted by atomic mass is 16.1. The minimum absolute atomic E-state index is 0.116. The van der Waals surface area contributed by atoms with Crippen LogP contribution in [0.4, 0.5) is 0 Å². The molecule has 1 saturated heterocycles. The van der Waals surface area contributed by atoms with Crippen LogP contribution in [-0.2, 0) is 11.2 Å². The zero-order valence-electron chi connectivity index (χ0n) is 12.4. The number of carbonyl (C=O) groups is 1. The van der Waals surface area contributed by atoms with Gasteiger partial charge in [-0.15, -0.1) is 0 Å². The van der Waals surface area contributed by atoms with Gasteiger partial charge in [0.25, 0.3) is 0 Å². The first kappa shape index (κ1) is 14.1. The van der Waals surface area contributed by atoms with Crippen LogP contribution in [0.25, 0.3) is 10.8 Å². The van der Waals surface area contributed by atoms with Crippen LogP contribution in [0, 0.1) is 5.92 Å². The van der Waals surface area contributed by atoms with Crippen molar-refractivity contribution in [2.24, 2.45) is 5.92 Å². The standard InChI is InChI=1S/C18H22N2O/c1-13(16-9-10-19-12-16)20-18(21)11-15-7-4-6-14-5-2-3-8-17(14)15/h2-8,13,16,19H,9-12H2,1H3,(H,20,21). The third-order valence-corrected chi connectivity index (χ3v) is 4.43. The molecule has 2 aromatic carbocycles. The molecule has 2 N–H and O–H groups in total. The highest BCUT2D eigenvalue weighted by Crippen LogP contribution is 2.19. The highest BCUT2D eigenvalue weighted by Gasteiger charge is 2.22. The van der Waals surface area contributed by atoms with Gasteiger partial charge in [-0.3, -0.25) is 4.79 Å². The Kier molecular flexibility index (Phi) is 4.20. The van der Waals surface area contributed by atoms with Crippen molar-refractivity contribution in [3.05, 3.63) is 48.0 Å². The Balaban J connectivity index is 1.68. The second-order valence-electron chi connectivity index (χ2n) is 5.92. The summed E-state index contributed by atoms with van der Waals surface area (Å²) in [5.74, 6) is 0.673. The lowest BCUT2D eigenvalue weighted by molar-refractivity contribution is -0.121. The Bertz CT molecular complexity index is 627. The molecule has 110 valence electrons. The van der Waals surface area contributed by atoms with Crippen LogP contribution in [0.5, 0.6) is 0 Å². The minimum atomic E-state index is 0.116. The van der Waals surface area contributed by atoms with Gasteiger partial charge < -0.3 is 10.6 Å². The lowest BCUT2D eigenvalue weighted by atomic mass is 9.99. The van der Waals surface area contributed by atoms with E-state index in [9.17, 15) is 4.79 Å². The number of hydrogen-bond donors (Lipinski definition) is 2. The minimum Gasteiger partial charge on any atom is -0.353 e. The van der Waals surface area contributed by atoms with E-state index in [4.69, 9.17) is 0 Å². The quantitative estimate of drug-likeness (QED) is 0.904. The molecular weight excluding hydrogens is 260 g/mol. The number of hydrogen-bond acceptors (Lipinski definition) is 2. The van der Waals surface area contributed by atoms with E-state index in [1.807, 2.05) is 24.3 Å². The van der Waals surface area contributed by atoms with Crippen molar-refractivity contribution in [2.45, 2.75) is 25.8 Å². The fourth-order valence-electron chi connectivity index (χ4n) is 3.15. The summed E-state index contributed by atoms with van der Waals surface area (Å²) in [6, 6.07) is 14.6. The molecule has 0 bridgehead atoms. The molecule has 0 aliphatic carbocycles. The summed E-state index contributed by atoms with van der Waals surface area (Å²) >= 11 is 0. The average molecular weight is 282 g/mol. The molecule has 0 aromatic heterocycles. The zero-order chi connectivity index (χ0) is 14.7. The predicted molar refractivity (Wildman–Crippen MR) is 86.2 cm³/mol. The van der Waals surface area contributed by atoms with Crippen LogP contribution in [0.1, 0.15) is 18.9 Å². The van der Waals surface area contributed by atoms with Crippen LogP contribution >= 0.6 is 0 Å². The van der Waals surface area contributed by atoms with Gasteiger partial charge in [0, 0.05) is 6.04 Å². The molecule has 3 nitrogen and oxygen atoms in total. The van der Waals surface area contributed by atoms with E-state index in [-0.39, 0.29) is 11.9 Å². The van der Waals surface area contributed by atoms with E-state index < -0.39 is 0 Å². The third-order valence-electron chi connectivity index (χ3n) is 4.43. The molecule has 2 aromatic rings. The molecule has 2 atom stereocenters. The van der Waals surface area contributed by atoms with Crippen LogP contribution in [0.2, 0.25) is 0 Å². The number of carbonyl (C=O) groups excluding carboxylic acids is 1. The van der Waals surface area contributed by atoms with Gasteiger partial charge in [0.15, 0.2) is 0 Å². The van der Waals surface area contributed by atoms with Crippen molar-refractivity contribution in [1.29, 1.82) is 0 Å². The molecule has 1 heterocycles. The lowest BCUT2D eigenvalue weighted by Gasteiger charge is -2.20. The molecule has 1 aliphatic rings. The maximum atomic E-state index is 12.3. The van der Waals surface area contributed by atoms with Gasteiger partial charge in [0.1, 0.15) is 0 Å². The second kappa shape index (κ2) is 6.27. The summed E-state index contributed by atoms with van der Waals surface area (Å²) in [5.41, 5.74) is 1.10. The number of rotatable bonds is 4. The summed E-state index contributed by atoms with van der Waals surface area (Å²) in [6.45, 7) is 4.18. The second-order valence-corrected chi connectivity index (χ2v) is 5.92. The summed E-state index contributed by atoms with van der Waals surface area (Å²) in [7, 11) is 0. The van der Waals surface area contributed by atoms with Crippen molar-refractivity contribution in [3.8, 4) is 0 Å². The van der Waals surface area contributed by atoms with Crippen molar-refractivity contribution in [2.75, 3.05) is 13.1 Å². The van der Waals surface area contributed by atoms with E-state index in [0.717, 1.165) is 25.1 Å². The third kappa shape index (κ3) is 3.24. The highest BCUT2D eigenvalue weighted by molar-refractivity contribution is 5.90. The Morgan fingerprint density at radius 2 is 2.10 bits per heavy atom. The van der Waals surface area contributed by atoms with Crippen molar-refractivity contribution in [1.82, 2.24) is 10.6 Å². The Morgan fingerprint density at radius 1 is 1.29 bits per heavy atom. The van der Waals surface area contributed by atoms with Crippen LogP contribution in [0.15, 0.2) is 42.5 Å². The van der Waals surface area contributed by atoms with Gasteiger partial charge in [-0.2, -0.15) is 0 Å². The number of fused-ring (bicyclic) bond motifs is 1. The molecule has 0 spiro atoms. The van der Waals surface area contributed by atoms with Gasteiger partial charge in [-0.25, -0.2) is 0 Å². The van der Waals surface area contributed by atoms with Gasteiger partial charge in [0.2, 0.25) is 5.91 Å². The van der Waals surface area contributed by atoms with Crippen LogP contribution < -0.4 is 10.6 Å². The van der Waals surface area contributed by atoms with Gasteiger partial charge >= 0.3 is 0 Å². The van der Waals surface area contributed by atoms with Crippen molar-refractivity contribution >= 4 is 16.7 Å². The fourth-order valence-corrected chi connectivity index (χ4v) is 3.15. The lowest BCUT2D eigenvalue weighted by Crippen LogP contribution is -2.39. The maximum absolute atomic E-state index is 12.3. The maximum Gasteiger partial charge on any atom is 0.224 e. The van der Waals surface area contributed by atoms with Crippen molar-refractivity contribution in [3.63, 3.8) is 0 Å². The zero-order valence-corrected chi connectivity index (χ0v) is 12.4. The molecule has 1 amide bonds. The van der Waals surface area contributed by atoms with E-state index in [0.29, 0.717) is 12.3 Å². The number of amides is 1. The number of nitrogens with one attached hydrogen (secondary N) is 2. The van der Waals surface area contributed by atoms with Gasteiger partial charge in [-0.1, -0.05) is 42.5 Å². The first-order valence-corrected chi connectivity index (χ1v) is 7.71. The molecule has 1 fully saturated rings. The SMILES string of the molecule is CC(NC(=O)Cc1cccc2ccccc12)C1CCNC1. The van der Waals surface area contributed by atoms with Crippen LogP contribution in [-0.4, -0.2) is 25.0 Å². The smallest absolute Gasteiger partial charge is 0.224 e. The number of benzene rings is 2. The summed E-state index contributed by atoms with van der Waals surface area (Å²) < 4.78 is 0. The molecule has 21 heavy (non-hydrogen) atoms. The molecule has 2 unspecified atom stereocenters. The van der Waals surface area contributed by atoms with E-state index in [1.54, 1.807) is 0 Å². The first-order chi connectivity index (χ1) is 10.2. The topological polar surface area (TPSA) is 41.1 Å². The predicted octanol–water partition coefficient (Wildman–Crippen LogP) is 2.50. The Morgan fingerprint density at radius 3 is 2.90 bits per heavy atom. The van der Waals surface area contributed by atoms with Crippen LogP contribution in [0.3, 0.4) is 0 Å². The van der Waals surface area contributed by atoms with Gasteiger partial charge in [0.05, 0.1) is 6.42 Å². The summed E-state index contributed by atoms with van der Waals surface area (Å²) in [6.07, 6.45) is 1.60. The molecule has 1 aliphatic heterocycles. The summed E-state index contributed by atoms with van der Waals surface area (Å²) in [5, 5.41) is 8.87. The average Bonchev–Trinajstić information content (AvgIpc) is 3.02. The van der Waals surface area contributed by atoms with Gasteiger partial charge in [-0.05, 0) is 48.7 Å². The molecule has 0 saturated carbocycles. The molecule has 3 rings (SSSR count). The normalized spacial score (nSPS) is 19.6. The molecular formula is C18H22N2O. The summed E-state index contributed by atoms with van der Waals surface area (Å²) in [4.78, 5) is 12.3. The molecule has 3 heteroatoms. The van der Waals surface area contributed by atoms with E-state index in [1.165, 1.54) is 10.8 Å².